The topological polar surface area (TPSA) is 9.23 Å². The normalized spacial score (nSPS) is 12.2. The van der Waals surface area contributed by atoms with Gasteiger partial charge in [0.05, 0.1) is 15.4 Å². The highest BCUT2D eigenvalue weighted by atomic mass is 28.3. The minimum absolute atomic E-state index is 0.367. The van der Waals surface area contributed by atoms with Crippen LogP contribution in [0.15, 0.2) is 24.3 Å². The Balaban J connectivity index is 2.59. The van der Waals surface area contributed by atoms with Crippen molar-refractivity contribution in [2.75, 3.05) is 6.61 Å². The number of rotatable bonds is 5. The lowest BCUT2D eigenvalue weighted by Crippen LogP contribution is -2.28. The van der Waals surface area contributed by atoms with Gasteiger partial charge in [0.1, 0.15) is 5.75 Å². The number of hydrogen-bond donors (Lipinski definition) is 0. The SMILES string of the molecule is C[SiH](C)c1ccc(OCC(C)(C)[SiH](C)C)cc1. The van der Waals surface area contributed by atoms with E-state index in [0.717, 1.165) is 12.4 Å². The molecule has 0 aromatic heterocycles. The molecule has 1 nitrogen and oxygen atoms in total. The Morgan fingerprint density at radius 1 is 1.00 bits per heavy atom. The Labute approximate surface area is 109 Å². The van der Waals surface area contributed by atoms with E-state index in [1.54, 1.807) is 0 Å². The minimum atomic E-state index is -0.668. The lowest BCUT2D eigenvalue weighted by Gasteiger charge is -2.28. The van der Waals surface area contributed by atoms with Gasteiger partial charge in [-0.1, -0.05) is 57.4 Å². The van der Waals surface area contributed by atoms with E-state index in [-0.39, 0.29) is 0 Å². The number of benzene rings is 1. The summed E-state index contributed by atoms with van der Waals surface area (Å²) in [5.41, 5.74) is 0. The summed E-state index contributed by atoms with van der Waals surface area (Å²) in [6.07, 6.45) is 0. The van der Waals surface area contributed by atoms with Crippen LogP contribution in [0.2, 0.25) is 31.2 Å². The molecule has 1 aromatic carbocycles. The molecule has 0 fully saturated rings. The first-order valence-electron chi connectivity index (χ1n) is 6.55. The summed E-state index contributed by atoms with van der Waals surface area (Å²) in [5.74, 6) is 1.02. The average Bonchev–Trinajstić information content (AvgIpc) is 2.27. The predicted molar refractivity (Wildman–Crippen MR) is 83.4 cm³/mol. The zero-order valence-corrected chi connectivity index (χ0v) is 14.4. The lowest BCUT2D eigenvalue weighted by molar-refractivity contribution is 0.276. The van der Waals surface area contributed by atoms with E-state index in [1.807, 2.05) is 0 Å². The number of hydrogen-bond acceptors (Lipinski definition) is 1. The van der Waals surface area contributed by atoms with Crippen LogP contribution < -0.4 is 9.92 Å². The van der Waals surface area contributed by atoms with Gasteiger partial charge in [-0.3, -0.25) is 0 Å². The van der Waals surface area contributed by atoms with Crippen molar-refractivity contribution in [1.29, 1.82) is 0 Å². The molecule has 0 saturated heterocycles. The second-order valence-electron chi connectivity index (χ2n) is 6.16. The third-order valence-corrected chi connectivity index (χ3v) is 8.73. The van der Waals surface area contributed by atoms with Crippen LogP contribution in [0, 0.1) is 0 Å². The van der Waals surface area contributed by atoms with Crippen LogP contribution in [-0.2, 0) is 0 Å². The van der Waals surface area contributed by atoms with Crippen molar-refractivity contribution in [2.45, 2.75) is 45.1 Å². The van der Waals surface area contributed by atoms with E-state index >= 15 is 0 Å². The van der Waals surface area contributed by atoms with Crippen molar-refractivity contribution < 1.29 is 4.74 Å². The highest BCUT2D eigenvalue weighted by molar-refractivity contribution is 6.70. The molecule has 0 aliphatic carbocycles. The third-order valence-electron chi connectivity index (χ3n) is 3.72. The van der Waals surface area contributed by atoms with Gasteiger partial charge in [0, 0.05) is 8.80 Å². The van der Waals surface area contributed by atoms with E-state index < -0.39 is 17.6 Å². The van der Waals surface area contributed by atoms with Crippen LogP contribution in [-0.4, -0.2) is 24.2 Å². The molecule has 0 aliphatic heterocycles. The molecule has 0 atom stereocenters. The molecule has 96 valence electrons. The van der Waals surface area contributed by atoms with Gasteiger partial charge in [0.25, 0.3) is 0 Å². The standard InChI is InChI=1S/C14H26OSi2/c1-14(2,17(5)6)11-15-12-7-9-13(10-8-12)16(3)4/h7-10,16-17H,11H2,1-6H3. The molecule has 0 aliphatic rings. The highest BCUT2D eigenvalue weighted by Gasteiger charge is 2.24. The molecule has 3 heteroatoms. The second-order valence-corrected chi connectivity index (χ2v) is 13.0. The van der Waals surface area contributed by atoms with E-state index in [4.69, 9.17) is 4.74 Å². The number of ether oxygens (including phenoxy) is 1. The van der Waals surface area contributed by atoms with E-state index in [9.17, 15) is 0 Å². The largest absolute Gasteiger partial charge is 0.493 e. The fourth-order valence-electron chi connectivity index (χ4n) is 1.38. The maximum atomic E-state index is 5.92. The van der Waals surface area contributed by atoms with Crippen molar-refractivity contribution in [3.8, 4) is 5.75 Å². The van der Waals surface area contributed by atoms with Crippen LogP contribution >= 0.6 is 0 Å². The molecule has 0 radical (unpaired) electrons. The quantitative estimate of drug-likeness (QED) is 0.745. The zero-order chi connectivity index (χ0) is 13.1. The molecule has 0 unspecified atom stereocenters. The van der Waals surface area contributed by atoms with Gasteiger partial charge in [-0.25, -0.2) is 0 Å². The van der Waals surface area contributed by atoms with Gasteiger partial charge < -0.3 is 4.74 Å². The summed E-state index contributed by atoms with van der Waals surface area (Å²) in [6.45, 7) is 15.0. The molecular formula is C14H26OSi2. The second kappa shape index (κ2) is 5.87. The van der Waals surface area contributed by atoms with Crippen LogP contribution in [0.25, 0.3) is 0 Å². The van der Waals surface area contributed by atoms with Crippen molar-refractivity contribution in [3.05, 3.63) is 24.3 Å². The van der Waals surface area contributed by atoms with Crippen molar-refractivity contribution in [3.63, 3.8) is 0 Å². The minimum Gasteiger partial charge on any atom is -0.493 e. The molecule has 0 bridgehead atoms. The Hall–Kier alpha value is -0.546. The maximum Gasteiger partial charge on any atom is 0.119 e. The summed E-state index contributed by atoms with van der Waals surface area (Å²) < 4.78 is 5.92. The first-order valence-corrected chi connectivity index (χ1v) is 12.3. The van der Waals surface area contributed by atoms with Crippen LogP contribution in [0.1, 0.15) is 13.8 Å². The third kappa shape index (κ3) is 4.32. The van der Waals surface area contributed by atoms with E-state index in [2.05, 4.69) is 64.3 Å². The average molecular weight is 267 g/mol. The summed E-state index contributed by atoms with van der Waals surface area (Å²) >= 11 is 0. The molecule has 0 N–H and O–H groups in total. The molecule has 0 amide bonds. The zero-order valence-electron chi connectivity index (χ0n) is 12.1. The Bertz CT molecular complexity index is 342. The van der Waals surface area contributed by atoms with Crippen LogP contribution in [0.5, 0.6) is 5.75 Å². The summed E-state index contributed by atoms with van der Waals surface area (Å²) in [5, 5.41) is 1.88. The monoisotopic (exact) mass is 266 g/mol. The van der Waals surface area contributed by atoms with Crippen molar-refractivity contribution in [1.82, 2.24) is 0 Å². The fourth-order valence-corrected chi connectivity index (χ4v) is 2.76. The highest BCUT2D eigenvalue weighted by Crippen LogP contribution is 2.28. The van der Waals surface area contributed by atoms with Crippen molar-refractivity contribution in [2.24, 2.45) is 0 Å². The Kier molecular flexibility index (Phi) is 5.01. The molecular weight excluding hydrogens is 240 g/mol. The van der Waals surface area contributed by atoms with Gasteiger partial charge in [0.15, 0.2) is 0 Å². The molecule has 0 saturated carbocycles. The predicted octanol–water partition coefficient (Wildman–Crippen LogP) is 3.03. The molecule has 1 rings (SSSR count). The molecule has 1 aromatic rings. The molecule has 17 heavy (non-hydrogen) atoms. The first-order chi connectivity index (χ1) is 7.83. The lowest BCUT2D eigenvalue weighted by atomic mass is 10.2. The van der Waals surface area contributed by atoms with Gasteiger partial charge in [-0.05, 0) is 17.2 Å². The Morgan fingerprint density at radius 3 is 1.94 bits per heavy atom. The van der Waals surface area contributed by atoms with Gasteiger partial charge in [-0.2, -0.15) is 0 Å². The summed E-state index contributed by atoms with van der Waals surface area (Å²) in [7, 11) is -1.33. The van der Waals surface area contributed by atoms with E-state index in [1.165, 1.54) is 5.19 Å². The summed E-state index contributed by atoms with van der Waals surface area (Å²) in [4.78, 5) is 0. The van der Waals surface area contributed by atoms with Crippen molar-refractivity contribution >= 4 is 22.8 Å². The smallest absolute Gasteiger partial charge is 0.119 e. The Morgan fingerprint density at radius 2 is 1.53 bits per heavy atom. The van der Waals surface area contributed by atoms with E-state index in [0.29, 0.717) is 5.04 Å². The molecule has 0 heterocycles. The van der Waals surface area contributed by atoms with Gasteiger partial charge >= 0.3 is 0 Å². The summed E-state index contributed by atoms with van der Waals surface area (Å²) in [6, 6.07) is 8.71. The van der Waals surface area contributed by atoms with Gasteiger partial charge in [0.2, 0.25) is 0 Å². The fraction of sp³-hybridized carbons (Fsp3) is 0.571. The maximum absolute atomic E-state index is 5.92. The first kappa shape index (κ1) is 14.5. The van der Waals surface area contributed by atoms with Crippen LogP contribution in [0.3, 0.4) is 0 Å². The van der Waals surface area contributed by atoms with Gasteiger partial charge in [-0.15, -0.1) is 0 Å². The molecule has 0 spiro atoms. The van der Waals surface area contributed by atoms with Crippen LogP contribution in [0.4, 0.5) is 0 Å².